The van der Waals surface area contributed by atoms with Crippen molar-refractivity contribution in [3.8, 4) is 0 Å². The van der Waals surface area contributed by atoms with Crippen LogP contribution in [0.1, 0.15) is 18.1 Å². The Labute approximate surface area is 191 Å². The Morgan fingerprint density at radius 2 is 1.18 bits per heavy atom. The fraction of sp³-hybridized carbons (Fsp3) is 0.148. The van der Waals surface area contributed by atoms with Gasteiger partial charge < -0.3 is 9.80 Å². The van der Waals surface area contributed by atoms with Crippen molar-refractivity contribution in [2.45, 2.75) is 13.1 Å². The van der Waals surface area contributed by atoms with Crippen molar-refractivity contribution in [2.24, 2.45) is 0 Å². The standard InChI is InChI=1S/C27H23F3N2O/c1-20(21-10-4-2-5-11-21)18-31-16-17-32(25-15-9-8-14-24(25)31)19-23(26(33)27(28,29)30)22-12-6-3-7-13-22/h2-15,18-19H,16-17H2,1H3/b20-18-,23-19+. The van der Waals surface area contributed by atoms with Gasteiger partial charge >= 0.3 is 6.18 Å². The lowest BCUT2D eigenvalue weighted by atomic mass is 10.0. The summed E-state index contributed by atoms with van der Waals surface area (Å²) in [6.45, 7) is 3.01. The molecule has 0 bridgehead atoms. The minimum absolute atomic E-state index is 0.236. The number of rotatable bonds is 5. The second-order valence-corrected chi connectivity index (χ2v) is 7.79. The van der Waals surface area contributed by atoms with Crippen LogP contribution in [0, 0.1) is 0 Å². The van der Waals surface area contributed by atoms with Crippen LogP contribution < -0.4 is 9.80 Å². The van der Waals surface area contributed by atoms with Crippen LogP contribution in [0.5, 0.6) is 0 Å². The number of allylic oxidation sites excluding steroid dienone is 2. The highest BCUT2D eigenvalue weighted by Crippen LogP contribution is 2.36. The van der Waals surface area contributed by atoms with Gasteiger partial charge in [-0.1, -0.05) is 72.8 Å². The molecule has 168 valence electrons. The van der Waals surface area contributed by atoms with Crippen molar-refractivity contribution in [1.29, 1.82) is 0 Å². The highest BCUT2D eigenvalue weighted by Gasteiger charge is 2.41. The van der Waals surface area contributed by atoms with Gasteiger partial charge in [0.2, 0.25) is 0 Å². The molecule has 0 unspecified atom stereocenters. The summed E-state index contributed by atoms with van der Waals surface area (Å²) in [5.41, 5.74) is 3.64. The van der Waals surface area contributed by atoms with Crippen molar-refractivity contribution >= 4 is 28.3 Å². The molecule has 3 nitrogen and oxygen atoms in total. The molecular formula is C27H23F3N2O. The van der Waals surface area contributed by atoms with Crippen LogP contribution in [0.4, 0.5) is 24.5 Å². The van der Waals surface area contributed by atoms with Crippen LogP contribution in [-0.2, 0) is 4.79 Å². The molecule has 0 saturated heterocycles. The number of para-hydroxylation sites is 2. The van der Waals surface area contributed by atoms with Crippen LogP contribution in [0.15, 0.2) is 97.3 Å². The summed E-state index contributed by atoms with van der Waals surface area (Å²) in [7, 11) is 0. The van der Waals surface area contributed by atoms with E-state index in [2.05, 4.69) is 4.90 Å². The molecule has 1 heterocycles. The normalized spacial score (nSPS) is 14.8. The van der Waals surface area contributed by atoms with E-state index in [0.717, 1.165) is 22.5 Å². The molecule has 0 aromatic heterocycles. The van der Waals surface area contributed by atoms with Crippen molar-refractivity contribution in [1.82, 2.24) is 0 Å². The van der Waals surface area contributed by atoms with Crippen LogP contribution in [-0.4, -0.2) is 25.0 Å². The number of Topliss-reactive ketones (excluding diaryl/α,β-unsaturated/α-hetero) is 1. The van der Waals surface area contributed by atoms with E-state index in [9.17, 15) is 18.0 Å². The van der Waals surface area contributed by atoms with E-state index in [4.69, 9.17) is 0 Å². The van der Waals surface area contributed by atoms with Crippen LogP contribution in [0.25, 0.3) is 11.1 Å². The van der Waals surface area contributed by atoms with Gasteiger partial charge in [0.1, 0.15) is 0 Å². The zero-order chi connectivity index (χ0) is 23.4. The first-order valence-electron chi connectivity index (χ1n) is 10.6. The van der Waals surface area contributed by atoms with Crippen LogP contribution >= 0.6 is 0 Å². The lowest BCUT2D eigenvalue weighted by molar-refractivity contribution is -0.164. The van der Waals surface area contributed by atoms with Gasteiger partial charge in [-0.3, -0.25) is 4.79 Å². The zero-order valence-electron chi connectivity index (χ0n) is 18.1. The smallest absolute Gasteiger partial charge is 0.344 e. The average molecular weight is 448 g/mol. The maximum absolute atomic E-state index is 13.4. The summed E-state index contributed by atoms with van der Waals surface area (Å²) in [5, 5.41) is 0. The first-order chi connectivity index (χ1) is 15.8. The zero-order valence-corrected chi connectivity index (χ0v) is 18.1. The fourth-order valence-corrected chi connectivity index (χ4v) is 3.87. The van der Waals surface area contributed by atoms with E-state index in [0.29, 0.717) is 13.1 Å². The minimum atomic E-state index is -4.96. The molecule has 0 radical (unpaired) electrons. The number of nitrogens with zero attached hydrogens (tertiary/aromatic N) is 2. The number of halogens is 3. The van der Waals surface area contributed by atoms with Gasteiger partial charge in [0.15, 0.2) is 0 Å². The lowest BCUT2D eigenvalue weighted by Crippen LogP contribution is -2.36. The number of anilines is 2. The molecule has 0 saturated carbocycles. The number of fused-ring (bicyclic) bond motifs is 1. The molecule has 0 fully saturated rings. The number of carbonyl (C=O) groups is 1. The van der Waals surface area contributed by atoms with E-state index in [1.807, 2.05) is 67.7 Å². The van der Waals surface area contributed by atoms with Gasteiger partial charge in [0.05, 0.1) is 16.9 Å². The summed E-state index contributed by atoms with van der Waals surface area (Å²) in [6, 6.07) is 25.5. The topological polar surface area (TPSA) is 23.6 Å². The third-order valence-corrected chi connectivity index (χ3v) is 5.53. The number of ketones is 1. The first-order valence-corrected chi connectivity index (χ1v) is 10.6. The molecule has 33 heavy (non-hydrogen) atoms. The van der Waals surface area contributed by atoms with Crippen LogP contribution in [0.2, 0.25) is 0 Å². The van der Waals surface area contributed by atoms with Gasteiger partial charge in [-0.2, -0.15) is 13.2 Å². The molecule has 0 aliphatic carbocycles. The molecule has 1 aliphatic heterocycles. The highest BCUT2D eigenvalue weighted by atomic mass is 19.4. The molecule has 3 aromatic rings. The Morgan fingerprint density at radius 1 is 0.727 bits per heavy atom. The predicted molar refractivity (Wildman–Crippen MR) is 127 cm³/mol. The van der Waals surface area contributed by atoms with Gasteiger partial charge in [0.25, 0.3) is 5.78 Å². The summed E-state index contributed by atoms with van der Waals surface area (Å²) >= 11 is 0. The third kappa shape index (κ3) is 5.00. The van der Waals surface area contributed by atoms with Crippen LogP contribution in [0.3, 0.4) is 0 Å². The second-order valence-electron chi connectivity index (χ2n) is 7.79. The van der Waals surface area contributed by atoms with Crippen molar-refractivity contribution in [2.75, 3.05) is 22.9 Å². The summed E-state index contributed by atoms with van der Waals surface area (Å²) in [6.07, 6.45) is -1.58. The van der Waals surface area contributed by atoms with Gasteiger partial charge in [-0.25, -0.2) is 0 Å². The van der Waals surface area contributed by atoms with Gasteiger partial charge in [0, 0.05) is 25.5 Å². The monoisotopic (exact) mass is 448 g/mol. The average Bonchev–Trinajstić information content (AvgIpc) is 2.83. The molecule has 6 heteroatoms. The maximum Gasteiger partial charge on any atom is 0.454 e. The molecule has 3 aromatic carbocycles. The molecule has 1 aliphatic rings. The lowest BCUT2D eigenvalue weighted by Gasteiger charge is -2.36. The SMILES string of the molecule is C/C(=C/N1CCN(/C=C(/C(=O)C(F)(F)F)c2ccccc2)c2ccccc21)c1ccccc1. The fourth-order valence-electron chi connectivity index (χ4n) is 3.87. The Bertz CT molecular complexity index is 1180. The quantitative estimate of drug-likeness (QED) is 0.414. The number of hydrogen-bond acceptors (Lipinski definition) is 3. The Hall–Kier alpha value is -3.80. The van der Waals surface area contributed by atoms with Gasteiger partial charge in [-0.05, 0) is 35.8 Å². The Morgan fingerprint density at radius 3 is 1.70 bits per heavy atom. The van der Waals surface area contributed by atoms with Crippen molar-refractivity contribution in [3.63, 3.8) is 0 Å². The number of hydrogen-bond donors (Lipinski definition) is 0. The molecule has 0 atom stereocenters. The number of carbonyl (C=O) groups excluding carboxylic acids is 1. The highest BCUT2D eigenvalue weighted by molar-refractivity contribution is 6.23. The largest absolute Gasteiger partial charge is 0.454 e. The molecule has 0 N–H and O–H groups in total. The molecule has 4 rings (SSSR count). The van der Waals surface area contributed by atoms with Crippen molar-refractivity contribution in [3.05, 3.63) is 108 Å². The Kier molecular flexibility index (Phi) is 6.36. The Balaban J connectivity index is 1.73. The molecule has 0 amide bonds. The number of benzene rings is 3. The summed E-state index contributed by atoms with van der Waals surface area (Å²) in [4.78, 5) is 16.1. The predicted octanol–water partition coefficient (Wildman–Crippen LogP) is 6.55. The van der Waals surface area contributed by atoms with E-state index < -0.39 is 12.0 Å². The van der Waals surface area contributed by atoms with Gasteiger partial charge in [-0.15, -0.1) is 0 Å². The van der Waals surface area contributed by atoms with E-state index in [1.165, 1.54) is 18.3 Å². The van der Waals surface area contributed by atoms with Crippen molar-refractivity contribution < 1.29 is 18.0 Å². The second kappa shape index (κ2) is 9.36. The molecular weight excluding hydrogens is 425 g/mol. The summed E-state index contributed by atoms with van der Waals surface area (Å²) < 4.78 is 40.1. The summed E-state index contributed by atoms with van der Waals surface area (Å²) in [5.74, 6) is -1.85. The minimum Gasteiger partial charge on any atom is -0.344 e. The first kappa shape index (κ1) is 22.4. The molecule has 0 spiro atoms. The number of alkyl halides is 3. The maximum atomic E-state index is 13.4. The van der Waals surface area contributed by atoms with E-state index >= 15 is 0 Å². The van der Waals surface area contributed by atoms with E-state index in [-0.39, 0.29) is 11.1 Å². The third-order valence-electron chi connectivity index (χ3n) is 5.53. The van der Waals surface area contributed by atoms with E-state index in [1.54, 1.807) is 23.1 Å².